The monoisotopic (exact) mass is 332 g/mol. The molecule has 0 bridgehead atoms. The summed E-state index contributed by atoms with van der Waals surface area (Å²) in [4.78, 5) is 22.2. The van der Waals surface area contributed by atoms with Gasteiger partial charge in [-0.05, 0) is 13.8 Å². The van der Waals surface area contributed by atoms with Crippen LogP contribution in [0.25, 0.3) is 0 Å². The number of carbonyl (C=O) groups excluding carboxylic acids is 2. The van der Waals surface area contributed by atoms with Crippen LogP contribution < -0.4 is 0 Å². The van der Waals surface area contributed by atoms with Crippen molar-refractivity contribution < 1.29 is 49.1 Å². The molecule has 0 N–H and O–H groups in total. The van der Waals surface area contributed by atoms with E-state index < -0.39 is 47.8 Å². The van der Waals surface area contributed by atoms with Gasteiger partial charge in [0.15, 0.2) is 11.6 Å². The molecule has 124 valence electrons. The third-order valence-corrected chi connectivity index (χ3v) is 2.72. The van der Waals surface area contributed by atoms with Gasteiger partial charge in [0.05, 0.1) is 6.42 Å². The van der Waals surface area contributed by atoms with Gasteiger partial charge in [0.2, 0.25) is 5.92 Å². The van der Waals surface area contributed by atoms with Crippen molar-refractivity contribution in [3.63, 3.8) is 0 Å². The molecular formula is C10H9F9O2. The standard InChI is InChI=1S/C10H9F9O2/c1-7(2,10(17,18)19)5(21)3-4(20)6(8(11,12)13)9(14,15)16/h6H,3H2,1-2H3. The van der Waals surface area contributed by atoms with Crippen LogP contribution in [-0.2, 0) is 9.59 Å². The smallest absolute Gasteiger partial charge is 0.298 e. The minimum atomic E-state index is -6.04. The third kappa shape index (κ3) is 4.60. The van der Waals surface area contributed by atoms with E-state index in [9.17, 15) is 49.1 Å². The molecule has 0 aliphatic heterocycles. The van der Waals surface area contributed by atoms with Crippen molar-refractivity contribution in [1.82, 2.24) is 0 Å². The fraction of sp³-hybridized carbons (Fsp3) is 0.800. The number of ketones is 2. The number of halogens is 9. The van der Waals surface area contributed by atoms with Gasteiger partial charge in [0, 0.05) is 0 Å². The molecule has 0 aromatic rings. The highest BCUT2D eigenvalue weighted by Gasteiger charge is 2.62. The van der Waals surface area contributed by atoms with Gasteiger partial charge in [-0.25, -0.2) is 0 Å². The summed E-state index contributed by atoms with van der Waals surface area (Å²) in [7, 11) is 0. The lowest BCUT2D eigenvalue weighted by Gasteiger charge is -2.27. The highest BCUT2D eigenvalue weighted by Crippen LogP contribution is 2.43. The molecule has 0 radical (unpaired) electrons. The first-order chi connectivity index (χ1) is 8.92. The van der Waals surface area contributed by atoms with Crippen LogP contribution in [0.2, 0.25) is 0 Å². The van der Waals surface area contributed by atoms with Crippen LogP contribution in [0.1, 0.15) is 20.3 Å². The number of rotatable bonds is 4. The number of hydrogen-bond donors (Lipinski definition) is 0. The van der Waals surface area contributed by atoms with Gasteiger partial charge in [-0.3, -0.25) is 9.59 Å². The minimum absolute atomic E-state index is 0.263. The summed E-state index contributed by atoms with van der Waals surface area (Å²) < 4.78 is 110. The molecule has 0 rings (SSSR count). The van der Waals surface area contributed by atoms with E-state index in [0.29, 0.717) is 0 Å². The number of alkyl halides is 9. The summed E-state index contributed by atoms with van der Waals surface area (Å²) in [6.45, 7) is 0.525. The first-order valence-electron chi connectivity index (χ1n) is 5.18. The predicted octanol–water partition coefficient (Wildman–Crippen LogP) is 3.84. The summed E-state index contributed by atoms with van der Waals surface area (Å²) in [6.07, 6.45) is -19.4. The van der Waals surface area contributed by atoms with Crippen molar-refractivity contribution in [2.24, 2.45) is 11.3 Å². The molecule has 0 saturated heterocycles. The largest absolute Gasteiger partial charge is 0.407 e. The van der Waals surface area contributed by atoms with Crippen LogP contribution >= 0.6 is 0 Å². The van der Waals surface area contributed by atoms with E-state index in [1.54, 1.807) is 0 Å². The third-order valence-electron chi connectivity index (χ3n) is 2.72. The Bertz CT molecular complexity index is 400. The van der Waals surface area contributed by atoms with E-state index >= 15 is 0 Å². The summed E-state index contributed by atoms with van der Waals surface area (Å²) in [5.74, 6) is -9.23. The van der Waals surface area contributed by atoms with Gasteiger partial charge in [0.25, 0.3) is 0 Å². The molecule has 0 aliphatic carbocycles. The summed E-state index contributed by atoms with van der Waals surface area (Å²) in [5.41, 5.74) is -3.23. The molecule has 0 aromatic heterocycles. The van der Waals surface area contributed by atoms with Gasteiger partial charge in [0.1, 0.15) is 5.41 Å². The molecule has 0 aromatic carbocycles. The predicted molar refractivity (Wildman–Crippen MR) is 50.1 cm³/mol. The molecule has 0 unspecified atom stereocenters. The van der Waals surface area contributed by atoms with Crippen LogP contribution in [0.15, 0.2) is 0 Å². The number of hydrogen-bond acceptors (Lipinski definition) is 2. The van der Waals surface area contributed by atoms with Crippen molar-refractivity contribution in [2.75, 3.05) is 0 Å². The van der Waals surface area contributed by atoms with Gasteiger partial charge >= 0.3 is 18.5 Å². The highest BCUT2D eigenvalue weighted by molar-refractivity contribution is 6.03. The Morgan fingerprint density at radius 3 is 1.38 bits per heavy atom. The maximum absolute atomic E-state index is 12.4. The Hall–Kier alpha value is -1.29. The van der Waals surface area contributed by atoms with Crippen molar-refractivity contribution in [3.8, 4) is 0 Å². The minimum Gasteiger partial charge on any atom is -0.298 e. The topological polar surface area (TPSA) is 34.1 Å². The van der Waals surface area contributed by atoms with Crippen molar-refractivity contribution in [3.05, 3.63) is 0 Å². The lowest BCUT2D eigenvalue weighted by molar-refractivity contribution is -0.273. The normalized spacial score (nSPS) is 14.5. The number of carbonyl (C=O) groups is 2. The molecule has 0 spiro atoms. The first-order valence-corrected chi connectivity index (χ1v) is 5.18. The molecule has 0 atom stereocenters. The maximum Gasteiger partial charge on any atom is 0.407 e. The second-order valence-corrected chi connectivity index (χ2v) is 4.71. The fourth-order valence-electron chi connectivity index (χ4n) is 1.19. The van der Waals surface area contributed by atoms with E-state index in [-0.39, 0.29) is 13.8 Å². The van der Waals surface area contributed by atoms with E-state index in [1.807, 2.05) is 0 Å². The van der Waals surface area contributed by atoms with Crippen molar-refractivity contribution in [2.45, 2.75) is 38.8 Å². The average Bonchev–Trinajstić information content (AvgIpc) is 2.09. The Morgan fingerprint density at radius 1 is 0.810 bits per heavy atom. The van der Waals surface area contributed by atoms with Crippen LogP contribution in [-0.4, -0.2) is 30.1 Å². The van der Waals surface area contributed by atoms with Gasteiger partial charge in [-0.15, -0.1) is 0 Å². The SMILES string of the molecule is CC(C)(C(=O)CC(=O)C(C(F)(F)F)C(F)(F)F)C(F)(F)F. The van der Waals surface area contributed by atoms with Crippen LogP contribution in [0.5, 0.6) is 0 Å². The molecule has 11 heteroatoms. The lowest BCUT2D eigenvalue weighted by Crippen LogP contribution is -2.46. The zero-order valence-electron chi connectivity index (χ0n) is 10.5. The molecule has 0 saturated carbocycles. The summed E-state index contributed by atoms with van der Waals surface area (Å²) in [5, 5.41) is 0. The molecule has 0 heterocycles. The van der Waals surface area contributed by atoms with E-state index in [1.165, 1.54) is 0 Å². The molecule has 2 nitrogen and oxygen atoms in total. The fourth-order valence-corrected chi connectivity index (χ4v) is 1.19. The Labute approximate surface area is 112 Å². The van der Waals surface area contributed by atoms with E-state index in [0.717, 1.165) is 0 Å². The van der Waals surface area contributed by atoms with Crippen LogP contribution in [0.3, 0.4) is 0 Å². The van der Waals surface area contributed by atoms with Crippen LogP contribution in [0.4, 0.5) is 39.5 Å². The van der Waals surface area contributed by atoms with Gasteiger partial charge in [-0.2, -0.15) is 39.5 Å². The zero-order chi connectivity index (χ0) is 17.4. The zero-order valence-corrected chi connectivity index (χ0v) is 10.5. The first kappa shape index (κ1) is 19.7. The lowest BCUT2D eigenvalue weighted by atomic mass is 9.83. The second kappa shape index (κ2) is 5.48. The molecule has 0 aliphatic rings. The van der Waals surface area contributed by atoms with E-state index in [4.69, 9.17) is 0 Å². The molecule has 21 heavy (non-hydrogen) atoms. The Morgan fingerprint density at radius 2 is 1.14 bits per heavy atom. The maximum atomic E-state index is 12.4. The van der Waals surface area contributed by atoms with Crippen LogP contribution in [0, 0.1) is 11.3 Å². The summed E-state index contributed by atoms with van der Waals surface area (Å²) in [6, 6.07) is 0. The van der Waals surface area contributed by atoms with Gasteiger partial charge < -0.3 is 0 Å². The molecule has 0 fully saturated rings. The van der Waals surface area contributed by atoms with E-state index in [2.05, 4.69) is 0 Å². The Balaban J connectivity index is 5.34. The molecule has 0 amide bonds. The highest BCUT2D eigenvalue weighted by atomic mass is 19.4. The average molecular weight is 332 g/mol. The molecular weight excluding hydrogens is 323 g/mol. The summed E-state index contributed by atoms with van der Waals surface area (Å²) >= 11 is 0. The second-order valence-electron chi connectivity index (χ2n) is 4.71. The van der Waals surface area contributed by atoms with Crippen molar-refractivity contribution >= 4 is 11.6 Å². The number of Topliss-reactive ketones (excluding diaryl/α,β-unsaturated/α-hetero) is 2. The van der Waals surface area contributed by atoms with Crippen molar-refractivity contribution in [1.29, 1.82) is 0 Å². The Kier molecular flexibility index (Phi) is 5.15. The van der Waals surface area contributed by atoms with Gasteiger partial charge in [-0.1, -0.05) is 0 Å². The quantitative estimate of drug-likeness (QED) is 0.579.